The molecule has 1 aliphatic carbocycles. The fourth-order valence-corrected chi connectivity index (χ4v) is 1.37. The molecule has 0 N–H and O–H groups in total. The van der Waals surface area contributed by atoms with E-state index in [1.165, 1.54) is 18.9 Å². The maximum Gasteiger partial charge on any atom is 0.164 e. The number of ether oxygens (including phenoxy) is 1. The van der Waals surface area contributed by atoms with Crippen LogP contribution in [0.4, 0.5) is 4.39 Å². The summed E-state index contributed by atoms with van der Waals surface area (Å²) in [5, 5.41) is 0. The average molecular weight is 252 g/mol. The van der Waals surface area contributed by atoms with Gasteiger partial charge in [-0.1, -0.05) is 39.0 Å². The molecule has 18 heavy (non-hydrogen) atoms. The molecule has 102 valence electrons. The second-order valence-corrected chi connectivity index (χ2v) is 5.78. The van der Waals surface area contributed by atoms with Crippen LogP contribution in [0.25, 0.3) is 0 Å². The van der Waals surface area contributed by atoms with Gasteiger partial charge in [-0.15, -0.1) is 0 Å². The maximum atomic E-state index is 13.7. The molecule has 0 heterocycles. The van der Waals surface area contributed by atoms with Crippen molar-refractivity contribution in [2.24, 2.45) is 11.3 Å². The van der Waals surface area contributed by atoms with Crippen LogP contribution in [0.5, 0.6) is 0 Å². The SMILES string of the molecule is C=C(OCC1CC1)/C(F)=C\C=C(/C)C(C)(C)CC. The minimum absolute atomic E-state index is 0.104. The van der Waals surface area contributed by atoms with Crippen molar-refractivity contribution < 1.29 is 9.13 Å². The van der Waals surface area contributed by atoms with E-state index >= 15 is 0 Å². The summed E-state index contributed by atoms with van der Waals surface area (Å²) in [6.45, 7) is 12.7. The van der Waals surface area contributed by atoms with E-state index in [4.69, 9.17) is 4.74 Å². The zero-order chi connectivity index (χ0) is 13.8. The Bertz CT molecular complexity index is 359. The molecule has 2 heteroatoms. The van der Waals surface area contributed by atoms with Gasteiger partial charge in [0.2, 0.25) is 0 Å². The number of halogens is 1. The van der Waals surface area contributed by atoms with Crippen molar-refractivity contribution in [2.75, 3.05) is 6.61 Å². The highest BCUT2D eigenvalue weighted by Crippen LogP contribution is 2.31. The number of rotatable bonds is 7. The quantitative estimate of drug-likeness (QED) is 0.449. The predicted molar refractivity (Wildman–Crippen MR) is 74.8 cm³/mol. The molecule has 0 aliphatic heterocycles. The number of hydrogen-bond acceptors (Lipinski definition) is 1. The molecule has 0 aromatic rings. The van der Waals surface area contributed by atoms with E-state index in [0.29, 0.717) is 12.5 Å². The summed E-state index contributed by atoms with van der Waals surface area (Å²) < 4.78 is 19.0. The molecular weight excluding hydrogens is 227 g/mol. The molecule has 0 radical (unpaired) electrons. The highest BCUT2D eigenvalue weighted by atomic mass is 19.1. The van der Waals surface area contributed by atoms with Gasteiger partial charge in [0, 0.05) is 0 Å². The summed E-state index contributed by atoms with van der Waals surface area (Å²) >= 11 is 0. The first-order chi connectivity index (χ1) is 8.36. The van der Waals surface area contributed by atoms with Crippen molar-refractivity contribution in [3.8, 4) is 0 Å². The first-order valence-corrected chi connectivity index (χ1v) is 6.73. The molecule has 0 aromatic carbocycles. The first-order valence-electron chi connectivity index (χ1n) is 6.73. The number of allylic oxidation sites excluding steroid dienone is 4. The van der Waals surface area contributed by atoms with Gasteiger partial charge in [0.25, 0.3) is 0 Å². The monoisotopic (exact) mass is 252 g/mol. The zero-order valence-electron chi connectivity index (χ0n) is 12.1. The number of hydrogen-bond donors (Lipinski definition) is 0. The van der Waals surface area contributed by atoms with Crippen molar-refractivity contribution in [1.82, 2.24) is 0 Å². The van der Waals surface area contributed by atoms with Crippen LogP contribution < -0.4 is 0 Å². The Morgan fingerprint density at radius 3 is 2.50 bits per heavy atom. The molecule has 0 spiro atoms. The van der Waals surface area contributed by atoms with Crippen LogP contribution in [0.2, 0.25) is 0 Å². The Labute approximate surface area is 110 Å². The Morgan fingerprint density at radius 1 is 1.39 bits per heavy atom. The van der Waals surface area contributed by atoms with Crippen LogP contribution >= 0.6 is 0 Å². The Balaban J connectivity index is 2.53. The van der Waals surface area contributed by atoms with Gasteiger partial charge >= 0.3 is 0 Å². The van der Waals surface area contributed by atoms with Crippen molar-refractivity contribution >= 4 is 0 Å². The lowest BCUT2D eigenvalue weighted by molar-refractivity contribution is 0.197. The van der Waals surface area contributed by atoms with E-state index in [-0.39, 0.29) is 17.0 Å². The average Bonchev–Trinajstić information content (AvgIpc) is 3.16. The molecule has 0 saturated heterocycles. The van der Waals surface area contributed by atoms with Gasteiger partial charge in [-0.05, 0) is 43.6 Å². The highest BCUT2D eigenvalue weighted by Gasteiger charge is 2.22. The molecule has 0 aromatic heterocycles. The van der Waals surface area contributed by atoms with Crippen LogP contribution in [0.3, 0.4) is 0 Å². The lowest BCUT2D eigenvalue weighted by Gasteiger charge is -2.23. The summed E-state index contributed by atoms with van der Waals surface area (Å²) in [5.41, 5.74) is 1.27. The van der Waals surface area contributed by atoms with Crippen LogP contribution in [0.1, 0.15) is 47.0 Å². The molecular formula is C16H25FO. The highest BCUT2D eigenvalue weighted by molar-refractivity contribution is 5.25. The second kappa shape index (κ2) is 6.21. The molecule has 1 nitrogen and oxygen atoms in total. The van der Waals surface area contributed by atoms with E-state index in [1.54, 1.807) is 0 Å². The third kappa shape index (κ3) is 4.67. The van der Waals surface area contributed by atoms with Crippen LogP contribution in [-0.4, -0.2) is 6.61 Å². The van der Waals surface area contributed by atoms with Gasteiger partial charge in [-0.3, -0.25) is 0 Å². The smallest absolute Gasteiger partial charge is 0.164 e. The van der Waals surface area contributed by atoms with Gasteiger partial charge in [-0.25, -0.2) is 4.39 Å². The summed E-state index contributed by atoms with van der Waals surface area (Å²) in [4.78, 5) is 0. The molecule has 1 rings (SSSR count). The standard InChI is InChI=1S/C16H25FO/c1-6-16(4,5)12(2)7-10-15(17)13(3)18-11-14-8-9-14/h7,10,14H,3,6,8-9,11H2,1-2,4-5H3/b12-7+,15-10+. The van der Waals surface area contributed by atoms with Gasteiger partial charge in [0.05, 0.1) is 6.61 Å². The summed E-state index contributed by atoms with van der Waals surface area (Å²) in [7, 11) is 0. The van der Waals surface area contributed by atoms with Crippen molar-refractivity contribution in [1.29, 1.82) is 0 Å². The Morgan fingerprint density at radius 2 is 2.00 bits per heavy atom. The summed E-state index contributed by atoms with van der Waals surface area (Å²) in [5.74, 6) is 0.396. The summed E-state index contributed by atoms with van der Waals surface area (Å²) in [6, 6.07) is 0. The third-order valence-corrected chi connectivity index (χ3v) is 3.89. The Kier molecular flexibility index (Phi) is 5.18. The predicted octanol–water partition coefficient (Wildman–Crippen LogP) is 5.16. The van der Waals surface area contributed by atoms with E-state index in [2.05, 4.69) is 27.4 Å². The zero-order valence-corrected chi connectivity index (χ0v) is 12.1. The largest absolute Gasteiger partial charge is 0.491 e. The second-order valence-electron chi connectivity index (χ2n) is 5.78. The third-order valence-electron chi connectivity index (χ3n) is 3.89. The van der Waals surface area contributed by atoms with E-state index < -0.39 is 0 Å². The first kappa shape index (κ1) is 15.0. The van der Waals surface area contributed by atoms with Crippen LogP contribution in [-0.2, 0) is 4.74 Å². The molecule has 1 aliphatic rings. The normalized spacial score (nSPS) is 17.8. The Hall–Kier alpha value is -1.05. The molecule has 0 unspecified atom stereocenters. The molecule has 0 bridgehead atoms. The van der Waals surface area contributed by atoms with Crippen molar-refractivity contribution in [3.05, 3.63) is 35.9 Å². The van der Waals surface area contributed by atoms with Crippen LogP contribution in [0, 0.1) is 11.3 Å². The van der Waals surface area contributed by atoms with E-state index in [1.807, 2.05) is 13.0 Å². The van der Waals surface area contributed by atoms with Crippen molar-refractivity contribution in [2.45, 2.75) is 47.0 Å². The molecule has 0 atom stereocenters. The molecule has 0 amide bonds. The van der Waals surface area contributed by atoms with Crippen molar-refractivity contribution in [3.63, 3.8) is 0 Å². The maximum absolute atomic E-state index is 13.7. The molecule has 1 saturated carbocycles. The minimum atomic E-state index is -0.373. The van der Waals surface area contributed by atoms with Gasteiger partial charge < -0.3 is 4.74 Å². The lowest BCUT2D eigenvalue weighted by atomic mass is 9.82. The molecule has 1 fully saturated rings. The van der Waals surface area contributed by atoms with E-state index in [0.717, 1.165) is 12.0 Å². The lowest BCUT2D eigenvalue weighted by Crippen LogP contribution is -2.10. The fraction of sp³-hybridized carbons (Fsp3) is 0.625. The van der Waals surface area contributed by atoms with Gasteiger partial charge in [0.15, 0.2) is 5.83 Å². The summed E-state index contributed by atoms with van der Waals surface area (Å²) in [6.07, 6.45) is 6.71. The van der Waals surface area contributed by atoms with E-state index in [9.17, 15) is 4.39 Å². The van der Waals surface area contributed by atoms with Gasteiger partial charge in [0.1, 0.15) is 5.76 Å². The van der Waals surface area contributed by atoms with Crippen LogP contribution in [0.15, 0.2) is 35.9 Å². The topological polar surface area (TPSA) is 9.23 Å². The van der Waals surface area contributed by atoms with Gasteiger partial charge in [-0.2, -0.15) is 0 Å². The fourth-order valence-electron chi connectivity index (χ4n) is 1.37. The minimum Gasteiger partial charge on any atom is -0.491 e.